The second kappa shape index (κ2) is 12.9. The van der Waals surface area contributed by atoms with Crippen LogP contribution in [-0.2, 0) is 19.2 Å². The van der Waals surface area contributed by atoms with Gasteiger partial charge in [-0.15, -0.1) is 0 Å². The van der Waals surface area contributed by atoms with Crippen LogP contribution in [-0.4, -0.2) is 75.7 Å². The molecule has 0 aliphatic heterocycles. The maximum Gasteiger partial charge on any atom is 0.326 e. The summed E-state index contributed by atoms with van der Waals surface area (Å²) in [4.78, 5) is 47.9. The molecule has 5 unspecified atom stereocenters. The highest BCUT2D eigenvalue weighted by atomic mass is 32.1. The van der Waals surface area contributed by atoms with Crippen LogP contribution in [0.25, 0.3) is 0 Å². The second-order valence-corrected chi connectivity index (χ2v) is 7.51. The van der Waals surface area contributed by atoms with Gasteiger partial charge in [0.15, 0.2) is 0 Å². The molecular weight excluding hydrogens is 408 g/mol. The summed E-state index contributed by atoms with van der Waals surface area (Å²) in [5.41, 5.74) is 5.51. The first-order chi connectivity index (χ1) is 12.9. The molecular formula is C16H30N4O6S2. The molecule has 28 heavy (non-hydrogen) atoms. The predicted octanol–water partition coefficient (Wildman–Crippen LogP) is -1.86. The zero-order chi connectivity index (χ0) is 22.0. The van der Waals surface area contributed by atoms with Crippen molar-refractivity contribution >= 4 is 48.9 Å². The van der Waals surface area contributed by atoms with Gasteiger partial charge < -0.3 is 31.9 Å². The minimum Gasteiger partial charge on any atom is -0.480 e. The van der Waals surface area contributed by atoms with Crippen LogP contribution in [0, 0.1) is 5.92 Å². The van der Waals surface area contributed by atoms with E-state index in [1.807, 2.05) is 13.8 Å². The number of carboxylic acid groups (broad SMARTS) is 1. The molecule has 0 aromatic carbocycles. The molecule has 12 heteroatoms. The first kappa shape index (κ1) is 26.5. The van der Waals surface area contributed by atoms with Crippen LogP contribution >= 0.6 is 25.3 Å². The van der Waals surface area contributed by atoms with E-state index in [-0.39, 0.29) is 23.8 Å². The van der Waals surface area contributed by atoms with E-state index in [0.717, 1.165) is 0 Å². The van der Waals surface area contributed by atoms with Crippen molar-refractivity contribution in [3.05, 3.63) is 0 Å². The average molecular weight is 439 g/mol. The summed E-state index contributed by atoms with van der Waals surface area (Å²) in [7, 11) is 0. The number of aliphatic hydroxyl groups excluding tert-OH is 1. The molecule has 0 aliphatic rings. The predicted molar refractivity (Wildman–Crippen MR) is 110 cm³/mol. The van der Waals surface area contributed by atoms with Crippen molar-refractivity contribution in [1.82, 2.24) is 16.0 Å². The van der Waals surface area contributed by atoms with E-state index in [1.54, 1.807) is 0 Å². The second-order valence-electron chi connectivity index (χ2n) is 6.78. The van der Waals surface area contributed by atoms with Gasteiger partial charge in [-0.1, -0.05) is 13.8 Å². The van der Waals surface area contributed by atoms with E-state index < -0.39 is 54.0 Å². The van der Waals surface area contributed by atoms with Crippen LogP contribution in [0.5, 0.6) is 0 Å². The van der Waals surface area contributed by atoms with Gasteiger partial charge >= 0.3 is 5.97 Å². The van der Waals surface area contributed by atoms with E-state index in [4.69, 9.17) is 5.73 Å². The molecule has 0 aromatic heterocycles. The lowest BCUT2D eigenvalue weighted by Gasteiger charge is -2.24. The Balaban J connectivity index is 5.00. The summed E-state index contributed by atoms with van der Waals surface area (Å²) in [6.45, 7) is 4.97. The summed E-state index contributed by atoms with van der Waals surface area (Å²) in [6.07, 6.45) is -0.894. The van der Waals surface area contributed by atoms with Crippen LogP contribution in [0.2, 0.25) is 0 Å². The number of hydrogen-bond donors (Lipinski definition) is 8. The smallest absolute Gasteiger partial charge is 0.326 e. The molecule has 10 nitrogen and oxygen atoms in total. The van der Waals surface area contributed by atoms with Gasteiger partial charge in [0.05, 0.1) is 6.10 Å². The number of carbonyl (C=O) groups is 4. The lowest BCUT2D eigenvalue weighted by atomic mass is 10.0. The number of carbonyl (C=O) groups excluding carboxylic acids is 3. The molecule has 0 aromatic rings. The summed E-state index contributed by atoms with van der Waals surface area (Å²) >= 11 is 8.02. The van der Waals surface area contributed by atoms with Crippen molar-refractivity contribution in [2.75, 3.05) is 11.5 Å². The first-order valence-electron chi connectivity index (χ1n) is 8.73. The van der Waals surface area contributed by atoms with E-state index in [1.165, 1.54) is 6.92 Å². The minimum absolute atomic E-state index is 0.0346. The van der Waals surface area contributed by atoms with Crippen molar-refractivity contribution in [2.45, 2.75) is 57.5 Å². The topological polar surface area (TPSA) is 171 Å². The Morgan fingerprint density at radius 1 is 0.857 bits per heavy atom. The van der Waals surface area contributed by atoms with E-state index in [9.17, 15) is 29.4 Å². The van der Waals surface area contributed by atoms with E-state index in [2.05, 4.69) is 41.2 Å². The number of aliphatic hydroxyl groups is 1. The van der Waals surface area contributed by atoms with E-state index in [0.29, 0.717) is 0 Å². The summed E-state index contributed by atoms with van der Waals surface area (Å²) in [5, 5.41) is 25.7. The highest BCUT2D eigenvalue weighted by Gasteiger charge is 2.30. The molecule has 3 amide bonds. The molecule has 0 spiro atoms. The number of thiol groups is 2. The molecule has 162 valence electrons. The molecule has 5 atom stereocenters. The van der Waals surface area contributed by atoms with Gasteiger partial charge in [-0.3, -0.25) is 14.4 Å². The van der Waals surface area contributed by atoms with Gasteiger partial charge in [0.25, 0.3) is 0 Å². The van der Waals surface area contributed by atoms with Crippen molar-refractivity contribution < 1.29 is 29.4 Å². The molecule has 0 rings (SSSR count). The molecule has 7 N–H and O–H groups in total. The SMILES string of the molecule is CC(C)CC(NC(=O)C(CS)NC(=O)C(CS)NC(=O)C(N)C(C)O)C(=O)O. The number of nitrogens with two attached hydrogens (primary N) is 1. The number of nitrogens with one attached hydrogen (secondary N) is 3. The number of carboxylic acids is 1. The highest BCUT2D eigenvalue weighted by molar-refractivity contribution is 7.80. The molecule has 0 saturated heterocycles. The minimum atomic E-state index is -1.23. The molecule has 0 heterocycles. The van der Waals surface area contributed by atoms with Crippen LogP contribution in [0.4, 0.5) is 0 Å². The zero-order valence-corrected chi connectivity index (χ0v) is 17.9. The molecule has 0 fully saturated rings. The van der Waals surface area contributed by atoms with Gasteiger partial charge in [0.2, 0.25) is 17.7 Å². The standard InChI is InChI=1S/C16H30N4O6S2/c1-7(2)4-9(16(25)26)18-13(22)10(5-27)19-14(23)11(6-28)20-15(24)12(17)8(3)21/h7-12,21,27-28H,4-6,17H2,1-3H3,(H,18,22)(H,19,23)(H,20,24)(H,25,26). The molecule has 0 bridgehead atoms. The highest BCUT2D eigenvalue weighted by Crippen LogP contribution is 2.06. The van der Waals surface area contributed by atoms with Gasteiger partial charge in [0, 0.05) is 11.5 Å². The molecule has 0 saturated carbocycles. The lowest BCUT2D eigenvalue weighted by Crippen LogP contribution is -2.59. The quantitative estimate of drug-likeness (QED) is 0.165. The normalized spacial score (nSPS) is 16.4. The fraction of sp³-hybridized carbons (Fsp3) is 0.750. The Bertz CT molecular complexity index is 561. The largest absolute Gasteiger partial charge is 0.480 e. The summed E-state index contributed by atoms with van der Waals surface area (Å²) in [5.74, 6) is -3.50. The Kier molecular flexibility index (Phi) is 12.2. The number of rotatable bonds is 12. The lowest BCUT2D eigenvalue weighted by molar-refractivity contribution is -0.142. The number of amides is 3. The van der Waals surface area contributed by atoms with Crippen molar-refractivity contribution in [3.8, 4) is 0 Å². The Labute approximate surface area is 175 Å². The van der Waals surface area contributed by atoms with Crippen LogP contribution < -0.4 is 21.7 Å². The third-order valence-corrected chi connectivity index (χ3v) is 4.51. The maximum atomic E-state index is 12.4. The van der Waals surface area contributed by atoms with Gasteiger partial charge in [-0.25, -0.2) is 4.79 Å². The number of hydrogen-bond acceptors (Lipinski definition) is 8. The van der Waals surface area contributed by atoms with Crippen molar-refractivity contribution in [2.24, 2.45) is 11.7 Å². The average Bonchev–Trinajstić information content (AvgIpc) is 2.61. The van der Waals surface area contributed by atoms with Crippen molar-refractivity contribution in [3.63, 3.8) is 0 Å². The third kappa shape index (κ3) is 9.13. The van der Waals surface area contributed by atoms with Gasteiger partial charge in [0.1, 0.15) is 24.2 Å². The first-order valence-corrected chi connectivity index (χ1v) is 10.00. The fourth-order valence-corrected chi connectivity index (χ4v) is 2.63. The number of aliphatic carboxylic acids is 1. The monoisotopic (exact) mass is 438 g/mol. The van der Waals surface area contributed by atoms with Crippen molar-refractivity contribution in [1.29, 1.82) is 0 Å². The fourth-order valence-electron chi connectivity index (χ4n) is 2.11. The molecule has 0 aliphatic carbocycles. The molecule has 0 radical (unpaired) electrons. The van der Waals surface area contributed by atoms with Crippen LogP contribution in [0.1, 0.15) is 27.2 Å². The van der Waals surface area contributed by atoms with Gasteiger partial charge in [-0.2, -0.15) is 25.3 Å². The zero-order valence-electron chi connectivity index (χ0n) is 16.1. The Morgan fingerprint density at radius 3 is 1.57 bits per heavy atom. The third-order valence-electron chi connectivity index (χ3n) is 3.78. The van der Waals surface area contributed by atoms with E-state index >= 15 is 0 Å². The summed E-state index contributed by atoms with van der Waals surface area (Å²) < 4.78 is 0. The van der Waals surface area contributed by atoms with Crippen LogP contribution in [0.15, 0.2) is 0 Å². The van der Waals surface area contributed by atoms with Gasteiger partial charge in [-0.05, 0) is 19.3 Å². The Hall–Kier alpha value is -1.50. The maximum absolute atomic E-state index is 12.4. The van der Waals surface area contributed by atoms with Crippen LogP contribution in [0.3, 0.4) is 0 Å². The summed E-state index contributed by atoms with van der Waals surface area (Å²) in [6, 6.07) is -4.56. The Morgan fingerprint density at radius 2 is 1.25 bits per heavy atom.